The molecule has 0 aliphatic heterocycles. The third kappa shape index (κ3) is 3.81. The molecule has 0 N–H and O–H groups in total. The largest absolute Gasteiger partial charge is 0.469 e. The van der Waals surface area contributed by atoms with Crippen molar-refractivity contribution in [3.63, 3.8) is 0 Å². The van der Waals surface area contributed by atoms with Gasteiger partial charge in [-0.2, -0.15) is 0 Å². The van der Waals surface area contributed by atoms with E-state index in [4.69, 9.17) is 9.47 Å². The number of benzene rings is 1. The van der Waals surface area contributed by atoms with E-state index in [9.17, 15) is 9.59 Å². The van der Waals surface area contributed by atoms with Crippen LogP contribution in [0.1, 0.15) is 18.9 Å². The molecule has 0 heterocycles. The van der Waals surface area contributed by atoms with E-state index in [-0.39, 0.29) is 6.61 Å². The Kier molecular flexibility index (Phi) is 4.93. The lowest BCUT2D eigenvalue weighted by Gasteiger charge is -2.20. The van der Waals surface area contributed by atoms with E-state index < -0.39 is 17.9 Å². The maximum atomic E-state index is 12.2. The minimum atomic E-state index is -0.580. The second-order valence-corrected chi connectivity index (χ2v) is 4.98. The lowest BCUT2D eigenvalue weighted by atomic mass is 9.87. The molecule has 0 spiro atoms. The molecule has 0 unspecified atom stereocenters. The third-order valence-corrected chi connectivity index (χ3v) is 3.38. The van der Waals surface area contributed by atoms with Gasteiger partial charge in [-0.15, -0.1) is 0 Å². The molecular weight excluding hydrogens is 268 g/mol. The summed E-state index contributed by atoms with van der Waals surface area (Å²) in [4.78, 5) is 24.0. The molecule has 2 rings (SSSR count). The van der Waals surface area contributed by atoms with Crippen LogP contribution in [-0.4, -0.2) is 19.0 Å². The second kappa shape index (κ2) is 6.88. The highest BCUT2D eigenvalue weighted by atomic mass is 16.5. The molecule has 110 valence electrons. The van der Waals surface area contributed by atoms with Crippen LogP contribution in [-0.2, 0) is 25.7 Å². The molecule has 1 aliphatic rings. The average molecular weight is 286 g/mol. The number of rotatable bonds is 4. The molecule has 0 aromatic heterocycles. The van der Waals surface area contributed by atoms with E-state index in [1.807, 2.05) is 43.3 Å². The Morgan fingerprint density at radius 1 is 1.19 bits per heavy atom. The first-order valence-electron chi connectivity index (χ1n) is 6.78. The minimum Gasteiger partial charge on any atom is -0.469 e. The molecule has 0 amide bonds. The van der Waals surface area contributed by atoms with Gasteiger partial charge in [0.25, 0.3) is 0 Å². The van der Waals surface area contributed by atoms with E-state index in [0.29, 0.717) is 12.0 Å². The number of carbonyl (C=O) groups is 2. The Morgan fingerprint density at radius 2 is 1.90 bits per heavy atom. The van der Waals surface area contributed by atoms with Crippen LogP contribution in [0.2, 0.25) is 0 Å². The number of methoxy groups -OCH3 is 1. The lowest BCUT2D eigenvalue weighted by molar-refractivity contribution is -0.148. The fourth-order valence-electron chi connectivity index (χ4n) is 2.22. The van der Waals surface area contributed by atoms with Crippen molar-refractivity contribution in [3.05, 3.63) is 59.2 Å². The van der Waals surface area contributed by atoms with Crippen LogP contribution in [0, 0.1) is 5.92 Å². The molecular formula is C17H18O4. The smallest absolute Gasteiger partial charge is 0.335 e. The molecule has 4 heteroatoms. The Balaban J connectivity index is 2.07. The summed E-state index contributed by atoms with van der Waals surface area (Å²) in [6.07, 6.45) is 3.96. The number of allylic oxidation sites excluding steroid dienone is 3. The van der Waals surface area contributed by atoms with Crippen LogP contribution < -0.4 is 0 Å². The van der Waals surface area contributed by atoms with Crippen LogP contribution in [0.15, 0.2) is 53.6 Å². The number of carbonyl (C=O) groups excluding carboxylic acids is 2. The molecule has 1 atom stereocenters. The van der Waals surface area contributed by atoms with Crippen molar-refractivity contribution >= 4 is 11.9 Å². The second-order valence-electron chi connectivity index (χ2n) is 4.98. The van der Waals surface area contributed by atoms with Crippen molar-refractivity contribution in [1.29, 1.82) is 0 Å². The van der Waals surface area contributed by atoms with Crippen molar-refractivity contribution in [2.75, 3.05) is 7.11 Å². The molecule has 0 saturated heterocycles. The van der Waals surface area contributed by atoms with Gasteiger partial charge in [-0.1, -0.05) is 48.1 Å². The summed E-state index contributed by atoms with van der Waals surface area (Å²) in [5, 5.41) is 0. The first-order valence-corrected chi connectivity index (χ1v) is 6.78. The molecule has 1 aromatic rings. The van der Waals surface area contributed by atoms with Crippen LogP contribution in [0.4, 0.5) is 0 Å². The van der Waals surface area contributed by atoms with E-state index in [1.54, 1.807) is 6.08 Å². The number of ether oxygens (including phenoxy) is 2. The fraction of sp³-hybridized carbons (Fsp3) is 0.294. The Hall–Kier alpha value is -2.36. The average Bonchev–Trinajstić information content (AvgIpc) is 2.52. The lowest BCUT2D eigenvalue weighted by Crippen LogP contribution is -2.26. The summed E-state index contributed by atoms with van der Waals surface area (Å²) in [5.74, 6) is -1.47. The Bertz CT molecular complexity index is 584. The zero-order valence-electron chi connectivity index (χ0n) is 12.2. The van der Waals surface area contributed by atoms with Crippen molar-refractivity contribution in [2.24, 2.45) is 5.92 Å². The van der Waals surface area contributed by atoms with E-state index in [1.165, 1.54) is 7.11 Å². The van der Waals surface area contributed by atoms with Crippen LogP contribution in [0.5, 0.6) is 0 Å². The number of esters is 2. The molecule has 0 fully saturated rings. The van der Waals surface area contributed by atoms with Gasteiger partial charge in [-0.05, 0) is 18.9 Å². The standard InChI is InChI=1S/C17H18O4/c1-12-8-9-14(15(10-12)16(18)20-2)17(19)21-11-13-6-4-3-5-7-13/h3-9,15H,10-11H2,1-2H3/t15-/m1/s1. The number of hydrogen-bond acceptors (Lipinski definition) is 4. The summed E-state index contributed by atoms with van der Waals surface area (Å²) >= 11 is 0. The maximum absolute atomic E-state index is 12.2. The van der Waals surface area contributed by atoms with Crippen molar-refractivity contribution in [3.8, 4) is 0 Å². The molecule has 1 aliphatic carbocycles. The predicted octanol–water partition coefficient (Wildman–Crippen LogP) is 2.80. The van der Waals surface area contributed by atoms with Gasteiger partial charge in [0, 0.05) is 0 Å². The van der Waals surface area contributed by atoms with Crippen LogP contribution in [0.25, 0.3) is 0 Å². The molecule has 1 aromatic carbocycles. The highest BCUT2D eigenvalue weighted by Gasteiger charge is 2.31. The van der Waals surface area contributed by atoms with Gasteiger partial charge >= 0.3 is 11.9 Å². The van der Waals surface area contributed by atoms with Crippen molar-refractivity contribution in [1.82, 2.24) is 0 Å². The van der Waals surface area contributed by atoms with Gasteiger partial charge in [0.2, 0.25) is 0 Å². The molecule has 0 radical (unpaired) electrons. The maximum Gasteiger partial charge on any atom is 0.335 e. The molecule has 0 saturated carbocycles. The first kappa shape index (κ1) is 15.0. The quantitative estimate of drug-likeness (QED) is 0.799. The third-order valence-electron chi connectivity index (χ3n) is 3.38. The fourth-order valence-corrected chi connectivity index (χ4v) is 2.22. The summed E-state index contributed by atoms with van der Waals surface area (Å²) in [5.41, 5.74) is 2.29. The topological polar surface area (TPSA) is 52.6 Å². The highest BCUT2D eigenvalue weighted by molar-refractivity contribution is 5.96. The minimum absolute atomic E-state index is 0.188. The van der Waals surface area contributed by atoms with Gasteiger partial charge in [-0.25, -0.2) is 4.79 Å². The predicted molar refractivity (Wildman–Crippen MR) is 78.2 cm³/mol. The SMILES string of the molecule is COC(=O)[C@@H]1CC(C)=CC=C1C(=O)OCc1ccccc1. The highest BCUT2D eigenvalue weighted by Crippen LogP contribution is 2.27. The normalized spacial score (nSPS) is 17.5. The van der Waals surface area contributed by atoms with E-state index in [0.717, 1.165) is 11.1 Å². The summed E-state index contributed by atoms with van der Waals surface area (Å²) < 4.78 is 10.0. The first-order chi connectivity index (χ1) is 10.1. The van der Waals surface area contributed by atoms with Gasteiger partial charge in [0.05, 0.1) is 18.6 Å². The van der Waals surface area contributed by atoms with Gasteiger partial charge < -0.3 is 9.47 Å². The zero-order valence-corrected chi connectivity index (χ0v) is 12.2. The van der Waals surface area contributed by atoms with Gasteiger partial charge in [-0.3, -0.25) is 4.79 Å². The Labute approximate surface area is 124 Å². The summed E-state index contributed by atoms with van der Waals surface area (Å²) in [6.45, 7) is 2.10. The summed E-state index contributed by atoms with van der Waals surface area (Å²) in [6, 6.07) is 9.42. The van der Waals surface area contributed by atoms with E-state index >= 15 is 0 Å². The van der Waals surface area contributed by atoms with Crippen LogP contribution >= 0.6 is 0 Å². The van der Waals surface area contributed by atoms with Crippen LogP contribution in [0.3, 0.4) is 0 Å². The molecule has 4 nitrogen and oxygen atoms in total. The monoisotopic (exact) mass is 286 g/mol. The summed E-state index contributed by atoms with van der Waals surface area (Å²) in [7, 11) is 1.32. The van der Waals surface area contributed by atoms with Crippen molar-refractivity contribution in [2.45, 2.75) is 20.0 Å². The number of hydrogen-bond donors (Lipinski definition) is 0. The van der Waals surface area contributed by atoms with E-state index in [2.05, 4.69) is 0 Å². The zero-order chi connectivity index (χ0) is 15.2. The van der Waals surface area contributed by atoms with Gasteiger partial charge in [0.1, 0.15) is 6.61 Å². The molecule has 0 bridgehead atoms. The molecule has 21 heavy (non-hydrogen) atoms. The van der Waals surface area contributed by atoms with Gasteiger partial charge in [0.15, 0.2) is 0 Å². The Morgan fingerprint density at radius 3 is 2.57 bits per heavy atom. The van der Waals surface area contributed by atoms with Crippen molar-refractivity contribution < 1.29 is 19.1 Å².